The molecule has 0 rings (SSSR count). The monoisotopic (exact) mass is 156 g/mol. The van der Waals surface area contributed by atoms with E-state index < -0.39 is 0 Å². The summed E-state index contributed by atoms with van der Waals surface area (Å²) in [6.45, 7) is 7.38. The maximum atomic E-state index is 5.64. The Morgan fingerprint density at radius 3 is 2.55 bits per heavy atom. The summed E-state index contributed by atoms with van der Waals surface area (Å²) in [5.41, 5.74) is 5.64. The molecule has 0 saturated heterocycles. The van der Waals surface area contributed by atoms with Crippen LogP contribution in [0, 0.1) is 5.92 Å². The first kappa shape index (κ1) is 10.5. The summed E-state index contributed by atoms with van der Waals surface area (Å²) in [6.07, 6.45) is 3.22. The average molecular weight is 156 g/mol. The molecule has 0 bridgehead atoms. The summed E-state index contributed by atoms with van der Waals surface area (Å²) in [6, 6.07) is 0. The van der Waals surface area contributed by atoms with Crippen LogP contribution in [0.15, 0.2) is 4.99 Å². The van der Waals surface area contributed by atoms with E-state index >= 15 is 0 Å². The standard InChI is InChI=1S/C9H20N2/c1-4-6-9(10)11-7-8(3)5-2/h8H,4-7H2,1-3H3,(H2,10,11). The van der Waals surface area contributed by atoms with E-state index in [9.17, 15) is 0 Å². The molecule has 2 heteroatoms. The molecule has 0 amide bonds. The van der Waals surface area contributed by atoms with Gasteiger partial charge in [-0.2, -0.15) is 0 Å². The van der Waals surface area contributed by atoms with Crippen LogP contribution in [0.2, 0.25) is 0 Å². The predicted molar refractivity (Wildman–Crippen MR) is 50.9 cm³/mol. The molecule has 0 aromatic rings. The molecular formula is C9H20N2. The van der Waals surface area contributed by atoms with Crippen LogP contribution in [0.3, 0.4) is 0 Å². The predicted octanol–water partition coefficient (Wildman–Crippen LogP) is 2.19. The smallest absolute Gasteiger partial charge is 0.0937 e. The van der Waals surface area contributed by atoms with Gasteiger partial charge in [-0.15, -0.1) is 0 Å². The molecule has 0 saturated carbocycles. The lowest BCUT2D eigenvalue weighted by Crippen LogP contribution is -2.13. The van der Waals surface area contributed by atoms with Crippen molar-refractivity contribution >= 4 is 5.84 Å². The highest BCUT2D eigenvalue weighted by Crippen LogP contribution is 2.00. The van der Waals surface area contributed by atoms with E-state index in [1.54, 1.807) is 0 Å². The summed E-state index contributed by atoms with van der Waals surface area (Å²) < 4.78 is 0. The minimum atomic E-state index is 0.672. The molecule has 1 unspecified atom stereocenters. The first-order valence-corrected chi connectivity index (χ1v) is 4.49. The van der Waals surface area contributed by atoms with Gasteiger partial charge in [0, 0.05) is 13.0 Å². The quantitative estimate of drug-likeness (QED) is 0.481. The molecule has 0 spiro atoms. The van der Waals surface area contributed by atoms with Crippen LogP contribution in [0.1, 0.15) is 40.0 Å². The number of aliphatic imine (C=N–C) groups is 1. The van der Waals surface area contributed by atoms with Crippen LogP contribution < -0.4 is 5.73 Å². The van der Waals surface area contributed by atoms with Crippen molar-refractivity contribution < 1.29 is 0 Å². The van der Waals surface area contributed by atoms with Crippen molar-refractivity contribution in [2.75, 3.05) is 6.54 Å². The van der Waals surface area contributed by atoms with Gasteiger partial charge in [-0.3, -0.25) is 4.99 Å². The zero-order valence-corrected chi connectivity index (χ0v) is 7.93. The Bertz CT molecular complexity index is 119. The van der Waals surface area contributed by atoms with E-state index in [1.807, 2.05) is 0 Å². The molecule has 2 N–H and O–H groups in total. The van der Waals surface area contributed by atoms with E-state index in [0.29, 0.717) is 5.92 Å². The number of rotatable bonds is 5. The topological polar surface area (TPSA) is 38.4 Å². The Labute approximate surface area is 69.9 Å². The molecule has 1 atom stereocenters. The zero-order valence-electron chi connectivity index (χ0n) is 7.93. The van der Waals surface area contributed by atoms with Gasteiger partial charge in [0.1, 0.15) is 0 Å². The van der Waals surface area contributed by atoms with Crippen LogP contribution in [0.5, 0.6) is 0 Å². The third-order valence-corrected chi connectivity index (χ3v) is 1.81. The molecule has 0 aliphatic carbocycles. The van der Waals surface area contributed by atoms with Gasteiger partial charge in [0.25, 0.3) is 0 Å². The van der Waals surface area contributed by atoms with Crippen LogP contribution in [0.25, 0.3) is 0 Å². The molecule has 0 radical (unpaired) electrons. The third kappa shape index (κ3) is 5.89. The van der Waals surface area contributed by atoms with Crippen LogP contribution in [-0.4, -0.2) is 12.4 Å². The van der Waals surface area contributed by atoms with E-state index in [-0.39, 0.29) is 0 Å². The Balaban J connectivity index is 3.54. The first-order valence-electron chi connectivity index (χ1n) is 4.49. The summed E-state index contributed by atoms with van der Waals surface area (Å²) in [5.74, 6) is 1.48. The number of nitrogens with zero attached hydrogens (tertiary/aromatic N) is 1. The fraction of sp³-hybridized carbons (Fsp3) is 0.889. The van der Waals surface area contributed by atoms with Crippen LogP contribution in [0.4, 0.5) is 0 Å². The van der Waals surface area contributed by atoms with Crippen molar-refractivity contribution in [1.82, 2.24) is 0 Å². The Hall–Kier alpha value is -0.530. The summed E-state index contributed by atoms with van der Waals surface area (Å²) >= 11 is 0. The number of hydrogen-bond acceptors (Lipinski definition) is 1. The third-order valence-electron chi connectivity index (χ3n) is 1.81. The molecule has 11 heavy (non-hydrogen) atoms. The van der Waals surface area contributed by atoms with E-state index in [1.165, 1.54) is 6.42 Å². The maximum Gasteiger partial charge on any atom is 0.0937 e. The summed E-state index contributed by atoms with van der Waals surface area (Å²) in [5, 5.41) is 0. The van der Waals surface area contributed by atoms with Gasteiger partial charge in [0.05, 0.1) is 5.84 Å². The van der Waals surface area contributed by atoms with Gasteiger partial charge in [-0.1, -0.05) is 27.2 Å². The van der Waals surface area contributed by atoms with E-state index in [0.717, 1.165) is 25.2 Å². The van der Waals surface area contributed by atoms with Gasteiger partial charge in [-0.25, -0.2) is 0 Å². The Kier molecular flexibility index (Phi) is 5.90. The van der Waals surface area contributed by atoms with Gasteiger partial charge < -0.3 is 5.73 Å². The van der Waals surface area contributed by atoms with Crippen LogP contribution in [-0.2, 0) is 0 Å². The second-order valence-corrected chi connectivity index (χ2v) is 3.10. The fourth-order valence-electron chi connectivity index (χ4n) is 0.737. The molecule has 0 aromatic carbocycles. The minimum absolute atomic E-state index is 0.672. The molecule has 2 nitrogen and oxygen atoms in total. The van der Waals surface area contributed by atoms with Crippen LogP contribution >= 0.6 is 0 Å². The van der Waals surface area contributed by atoms with Crippen molar-refractivity contribution in [1.29, 1.82) is 0 Å². The van der Waals surface area contributed by atoms with Gasteiger partial charge in [0.15, 0.2) is 0 Å². The Morgan fingerprint density at radius 1 is 1.45 bits per heavy atom. The second kappa shape index (κ2) is 6.20. The fourth-order valence-corrected chi connectivity index (χ4v) is 0.737. The molecule has 0 aliphatic rings. The average Bonchev–Trinajstić information content (AvgIpc) is 2.01. The van der Waals surface area contributed by atoms with Crippen molar-refractivity contribution in [2.24, 2.45) is 16.6 Å². The van der Waals surface area contributed by atoms with Crippen molar-refractivity contribution in [3.8, 4) is 0 Å². The SMILES string of the molecule is CCCC(N)=NCC(C)CC. The van der Waals surface area contributed by atoms with E-state index in [2.05, 4.69) is 25.8 Å². The summed E-state index contributed by atoms with van der Waals surface area (Å²) in [4.78, 5) is 4.28. The van der Waals surface area contributed by atoms with Gasteiger partial charge in [-0.05, 0) is 12.3 Å². The number of nitrogens with two attached hydrogens (primary N) is 1. The number of amidine groups is 1. The zero-order chi connectivity index (χ0) is 8.69. The van der Waals surface area contributed by atoms with Crippen molar-refractivity contribution in [2.45, 2.75) is 40.0 Å². The normalized spacial score (nSPS) is 15.0. The van der Waals surface area contributed by atoms with E-state index in [4.69, 9.17) is 5.73 Å². The lowest BCUT2D eigenvalue weighted by molar-refractivity contribution is 0.576. The van der Waals surface area contributed by atoms with Crippen molar-refractivity contribution in [3.05, 3.63) is 0 Å². The Morgan fingerprint density at radius 2 is 2.09 bits per heavy atom. The highest BCUT2D eigenvalue weighted by molar-refractivity contribution is 5.80. The molecule has 0 fully saturated rings. The first-order chi connectivity index (χ1) is 5.20. The van der Waals surface area contributed by atoms with Crippen molar-refractivity contribution in [3.63, 3.8) is 0 Å². The highest BCUT2D eigenvalue weighted by Gasteiger charge is 1.96. The van der Waals surface area contributed by atoms with Gasteiger partial charge in [0.2, 0.25) is 0 Å². The maximum absolute atomic E-state index is 5.64. The van der Waals surface area contributed by atoms with Gasteiger partial charge >= 0.3 is 0 Å². The molecule has 0 heterocycles. The summed E-state index contributed by atoms with van der Waals surface area (Å²) in [7, 11) is 0. The molecular weight excluding hydrogens is 136 g/mol. The molecule has 0 aromatic heterocycles. The molecule has 66 valence electrons. The lowest BCUT2D eigenvalue weighted by Gasteiger charge is -2.04. The highest BCUT2D eigenvalue weighted by atomic mass is 14.8. The lowest BCUT2D eigenvalue weighted by atomic mass is 10.1. The largest absolute Gasteiger partial charge is 0.387 e. The molecule has 0 aliphatic heterocycles. The minimum Gasteiger partial charge on any atom is -0.387 e. The second-order valence-electron chi connectivity index (χ2n) is 3.10. The number of hydrogen-bond donors (Lipinski definition) is 1.